The minimum Gasteiger partial charge on any atom is -0.481 e. The molecule has 0 aromatic rings. The number of carbonyl (C=O) groups is 1. The van der Waals surface area contributed by atoms with Gasteiger partial charge in [0.25, 0.3) is 0 Å². The fraction of sp³-hybridized carbons (Fsp3) is 0.941. The van der Waals surface area contributed by atoms with Crippen molar-refractivity contribution in [2.24, 2.45) is 17.8 Å². The van der Waals surface area contributed by atoms with E-state index in [-0.39, 0.29) is 5.92 Å². The highest BCUT2D eigenvalue weighted by Crippen LogP contribution is 2.34. The largest absolute Gasteiger partial charge is 0.481 e. The Bertz CT molecular complexity index is 362. The molecule has 0 amide bonds. The Labute approximate surface area is 128 Å². The van der Waals surface area contributed by atoms with Gasteiger partial charge in [0, 0.05) is 25.2 Å². The van der Waals surface area contributed by atoms with Crippen LogP contribution in [0.15, 0.2) is 0 Å². The maximum absolute atomic E-state index is 11.4. The van der Waals surface area contributed by atoms with Gasteiger partial charge in [-0.3, -0.25) is 9.69 Å². The summed E-state index contributed by atoms with van der Waals surface area (Å²) in [6, 6.07) is 1.01. The van der Waals surface area contributed by atoms with Crippen molar-refractivity contribution in [2.75, 3.05) is 19.6 Å². The summed E-state index contributed by atoms with van der Waals surface area (Å²) in [5.74, 6) is 0.855. The Morgan fingerprint density at radius 1 is 1.19 bits per heavy atom. The van der Waals surface area contributed by atoms with E-state index in [1.54, 1.807) is 0 Å². The Kier molecular flexibility index (Phi) is 4.85. The minimum atomic E-state index is -0.611. The summed E-state index contributed by atoms with van der Waals surface area (Å²) in [7, 11) is 0. The molecule has 0 spiro atoms. The van der Waals surface area contributed by atoms with E-state index in [4.69, 9.17) is 0 Å². The molecule has 4 heteroatoms. The number of likely N-dealkylation sites (tertiary alicyclic amines) is 1. The van der Waals surface area contributed by atoms with E-state index < -0.39 is 5.97 Å². The predicted octanol–water partition coefficient (Wildman–Crippen LogP) is 2.34. The van der Waals surface area contributed by atoms with Crippen LogP contribution in [0, 0.1) is 17.8 Å². The van der Waals surface area contributed by atoms with Crippen molar-refractivity contribution in [3.05, 3.63) is 0 Å². The molecule has 2 saturated carbocycles. The van der Waals surface area contributed by atoms with E-state index in [0.717, 1.165) is 37.9 Å². The standard InChI is InChI=1S/C17H30N2O2/c1-12-6-16(7-12)19-10-14(17(20)21)8-15(11-19)18-9-13-4-2-3-5-13/h12-16,18H,2-11H2,1H3,(H,20,21). The molecule has 2 aliphatic carbocycles. The SMILES string of the molecule is CC1CC(N2CC(NCC3CCCC3)CC(C(=O)O)C2)C1. The monoisotopic (exact) mass is 294 g/mol. The van der Waals surface area contributed by atoms with Gasteiger partial charge in [0.15, 0.2) is 0 Å². The zero-order valence-corrected chi connectivity index (χ0v) is 13.3. The summed E-state index contributed by atoms with van der Waals surface area (Å²) >= 11 is 0. The lowest BCUT2D eigenvalue weighted by atomic mass is 9.79. The lowest BCUT2D eigenvalue weighted by molar-refractivity contribution is -0.145. The molecule has 3 fully saturated rings. The Balaban J connectivity index is 1.52. The molecule has 0 aromatic heterocycles. The molecule has 3 aliphatic rings. The molecule has 1 aliphatic heterocycles. The van der Waals surface area contributed by atoms with E-state index in [2.05, 4.69) is 17.1 Å². The maximum atomic E-state index is 11.4. The number of aliphatic carboxylic acids is 1. The topological polar surface area (TPSA) is 52.6 Å². The van der Waals surface area contributed by atoms with Crippen LogP contribution in [0.25, 0.3) is 0 Å². The van der Waals surface area contributed by atoms with Crippen LogP contribution < -0.4 is 5.32 Å². The van der Waals surface area contributed by atoms with Gasteiger partial charge >= 0.3 is 5.97 Å². The van der Waals surface area contributed by atoms with Gasteiger partial charge in [-0.15, -0.1) is 0 Å². The first-order valence-electron chi connectivity index (χ1n) is 8.82. The molecule has 0 bridgehead atoms. The van der Waals surface area contributed by atoms with Crippen LogP contribution in [-0.2, 0) is 4.79 Å². The van der Waals surface area contributed by atoms with E-state index in [1.165, 1.54) is 38.5 Å². The van der Waals surface area contributed by atoms with Crippen molar-refractivity contribution in [1.82, 2.24) is 10.2 Å². The molecular weight excluding hydrogens is 264 g/mol. The number of hydrogen-bond donors (Lipinski definition) is 2. The zero-order valence-electron chi connectivity index (χ0n) is 13.3. The molecule has 0 aromatic carbocycles. The Morgan fingerprint density at radius 2 is 1.90 bits per heavy atom. The highest BCUT2D eigenvalue weighted by molar-refractivity contribution is 5.70. The predicted molar refractivity (Wildman–Crippen MR) is 83.3 cm³/mol. The van der Waals surface area contributed by atoms with Crippen LogP contribution in [0.5, 0.6) is 0 Å². The highest BCUT2D eigenvalue weighted by Gasteiger charge is 2.38. The number of piperidine rings is 1. The molecule has 4 nitrogen and oxygen atoms in total. The van der Waals surface area contributed by atoms with Crippen LogP contribution in [0.4, 0.5) is 0 Å². The van der Waals surface area contributed by atoms with Gasteiger partial charge in [-0.1, -0.05) is 19.8 Å². The molecule has 2 unspecified atom stereocenters. The van der Waals surface area contributed by atoms with Crippen LogP contribution in [0.2, 0.25) is 0 Å². The normalized spacial score (nSPS) is 38.3. The molecule has 3 rings (SSSR count). The van der Waals surface area contributed by atoms with Crippen LogP contribution in [0.1, 0.15) is 51.9 Å². The lowest BCUT2D eigenvalue weighted by Crippen LogP contribution is -2.57. The highest BCUT2D eigenvalue weighted by atomic mass is 16.4. The Morgan fingerprint density at radius 3 is 2.52 bits per heavy atom. The van der Waals surface area contributed by atoms with Gasteiger partial charge in [0.1, 0.15) is 0 Å². The van der Waals surface area contributed by atoms with Crippen LogP contribution in [-0.4, -0.2) is 47.7 Å². The molecular formula is C17H30N2O2. The minimum absolute atomic E-state index is 0.185. The third-order valence-electron chi connectivity index (χ3n) is 5.86. The van der Waals surface area contributed by atoms with Gasteiger partial charge in [0.2, 0.25) is 0 Å². The zero-order chi connectivity index (χ0) is 14.8. The quantitative estimate of drug-likeness (QED) is 0.817. The molecule has 2 N–H and O–H groups in total. The van der Waals surface area contributed by atoms with E-state index >= 15 is 0 Å². The molecule has 120 valence electrons. The maximum Gasteiger partial charge on any atom is 0.307 e. The summed E-state index contributed by atoms with van der Waals surface area (Å²) in [6.07, 6.45) is 8.77. The summed E-state index contributed by atoms with van der Waals surface area (Å²) < 4.78 is 0. The summed E-state index contributed by atoms with van der Waals surface area (Å²) in [5.41, 5.74) is 0. The van der Waals surface area contributed by atoms with Crippen molar-refractivity contribution < 1.29 is 9.90 Å². The number of nitrogens with zero attached hydrogens (tertiary/aromatic N) is 1. The third kappa shape index (κ3) is 3.78. The Hall–Kier alpha value is -0.610. The molecule has 21 heavy (non-hydrogen) atoms. The number of carboxylic acid groups (broad SMARTS) is 1. The van der Waals surface area contributed by atoms with Gasteiger partial charge in [-0.25, -0.2) is 0 Å². The van der Waals surface area contributed by atoms with E-state index in [0.29, 0.717) is 12.1 Å². The van der Waals surface area contributed by atoms with Crippen molar-refractivity contribution in [3.63, 3.8) is 0 Å². The van der Waals surface area contributed by atoms with E-state index in [1.807, 2.05) is 0 Å². The second-order valence-corrected chi connectivity index (χ2v) is 7.71. The first-order chi connectivity index (χ1) is 10.1. The summed E-state index contributed by atoms with van der Waals surface area (Å²) in [4.78, 5) is 13.9. The fourth-order valence-electron chi connectivity index (χ4n) is 4.46. The lowest BCUT2D eigenvalue weighted by Gasteiger charge is -2.47. The van der Waals surface area contributed by atoms with Crippen molar-refractivity contribution in [1.29, 1.82) is 0 Å². The van der Waals surface area contributed by atoms with E-state index in [9.17, 15) is 9.90 Å². The second-order valence-electron chi connectivity index (χ2n) is 7.71. The molecule has 1 saturated heterocycles. The van der Waals surface area contributed by atoms with Crippen molar-refractivity contribution >= 4 is 5.97 Å². The fourth-order valence-corrected chi connectivity index (χ4v) is 4.46. The first-order valence-corrected chi connectivity index (χ1v) is 8.82. The molecule has 2 atom stereocenters. The average Bonchev–Trinajstić information content (AvgIpc) is 2.94. The number of rotatable bonds is 5. The average molecular weight is 294 g/mol. The molecule has 1 heterocycles. The molecule has 0 radical (unpaired) electrons. The second kappa shape index (κ2) is 6.66. The summed E-state index contributed by atoms with van der Waals surface area (Å²) in [5, 5.41) is 13.1. The van der Waals surface area contributed by atoms with Gasteiger partial charge in [-0.05, 0) is 50.5 Å². The number of hydrogen-bond acceptors (Lipinski definition) is 3. The third-order valence-corrected chi connectivity index (χ3v) is 5.86. The number of nitrogens with one attached hydrogen (secondary N) is 1. The van der Waals surface area contributed by atoms with Gasteiger partial charge in [-0.2, -0.15) is 0 Å². The summed E-state index contributed by atoms with van der Waals surface area (Å²) in [6.45, 7) is 5.19. The van der Waals surface area contributed by atoms with Crippen molar-refractivity contribution in [2.45, 2.75) is 64.0 Å². The van der Waals surface area contributed by atoms with Crippen molar-refractivity contribution in [3.8, 4) is 0 Å². The first kappa shape index (κ1) is 15.3. The smallest absolute Gasteiger partial charge is 0.307 e. The van der Waals surface area contributed by atoms with Gasteiger partial charge < -0.3 is 10.4 Å². The number of carboxylic acids is 1. The van der Waals surface area contributed by atoms with Gasteiger partial charge in [0.05, 0.1) is 5.92 Å². The van der Waals surface area contributed by atoms with Crippen LogP contribution in [0.3, 0.4) is 0 Å². The van der Waals surface area contributed by atoms with Crippen LogP contribution >= 0.6 is 0 Å².